The maximum Gasteiger partial charge on any atom is 0.437 e. The quantitative estimate of drug-likeness (QED) is 0.366. The zero-order chi connectivity index (χ0) is 24.0. The maximum absolute atomic E-state index is 13.9. The van der Waals surface area contributed by atoms with Crippen LogP contribution in [0, 0.1) is 11.7 Å². The van der Waals surface area contributed by atoms with Gasteiger partial charge in [-0.2, -0.15) is 13.2 Å². The van der Waals surface area contributed by atoms with Crippen molar-refractivity contribution >= 4 is 23.4 Å². The van der Waals surface area contributed by atoms with Gasteiger partial charge in [-0.05, 0) is 60.7 Å². The van der Waals surface area contributed by atoms with Crippen LogP contribution < -0.4 is 10.6 Å². The highest BCUT2D eigenvalue weighted by Gasteiger charge is 2.66. The van der Waals surface area contributed by atoms with Gasteiger partial charge in [-0.25, -0.2) is 9.18 Å². The summed E-state index contributed by atoms with van der Waals surface area (Å²) in [5.74, 6) is -4.14. The lowest BCUT2D eigenvalue weighted by Gasteiger charge is -2.44. The number of alkyl halides is 3. The average molecular weight is 483 g/mol. The van der Waals surface area contributed by atoms with Gasteiger partial charge >= 0.3 is 12.2 Å². The minimum atomic E-state index is -5.42. The van der Waals surface area contributed by atoms with Crippen molar-refractivity contribution in [2.24, 2.45) is 5.92 Å². The standard InChI is InChI=1S/C22H15ClF4N2O4/c23-13-5-1-11(2-6-13)15-9-10-16(33-15)18-17(19(30)12-3-7-14(24)8-4-12)21(32,22(25,26)27)29-20(31)28-18/h1-10,17-18,32H,(H2,28,29,31). The zero-order valence-corrected chi connectivity index (χ0v) is 17.2. The van der Waals surface area contributed by atoms with Crippen LogP contribution in [-0.2, 0) is 0 Å². The topological polar surface area (TPSA) is 91.6 Å². The lowest BCUT2D eigenvalue weighted by molar-refractivity contribution is -0.288. The number of urea groups is 1. The second kappa shape index (κ2) is 8.20. The number of amides is 2. The number of carbonyl (C=O) groups is 2. The number of furan rings is 1. The number of ketones is 1. The van der Waals surface area contributed by atoms with Gasteiger partial charge in [0.15, 0.2) is 5.78 Å². The van der Waals surface area contributed by atoms with E-state index >= 15 is 0 Å². The Balaban J connectivity index is 1.80. The molecule has 2 aromatic carbocycles. The van der Waals surface area contributed by atoms with Gasteiger partial charge in [0, 0.05) is 16.1 Å². The fourth-order valence-electron chi connectivity index (χ4n) is 3.66. The Kier molecular flexibility index (Phi) is 5.67. The number of rotatable bonds is 4. The Labute approximate surface area is 189 Å². The monoisotopic (exact) mass is 482 g/mol. The van der Waals surface area contributed by atoms with Gasteiger partial charge in [-0.15, -0.1) is 0 Å². The number of hydrogen-bond donors (Lipinski definition) is 3. The van der Waals surface area contributed by atoms with Crippen LogP contribution in [-0.4, -0.2) is 28.8 Å². The number of carbonyl (C=O) groups excluding carboxylic acids is 2. The summed E-state index contributed by atoms with van der Waals surface area (Å²) in [5.41, 5.74) is -3.67. The van der Waals surface area contributed by atoms with E-state index in [2.05, 4.69) is 5.32 Å². The van der Waals surface area contributed by atoms with Crippen molar-refractivity contribution < 1.29 is 36.7 Å². The highest BCUT2D eigenvalue weighted by atomic mass is 35.5. The van der Waals surface area contributed by atoms with Crippen LogP contribution >= 0.6 is 11.6 Å². The van der Waals surface area contributed by atoms with E-state index < -0.39 is 41.5 Å². The van der Waals surface area contributed by atoms with Gasteiger partial charge in [0.05, 0.1) is 0 Å². The molecule has 3 unspecified atom stereocenters. The fraction of sp³-hybridized carbons (Fsp3) is 0.182. The third-order valence-electron chi connectivity index (χ3n) is 5.28. The first-order chi connectivity index (χ1) is 15.5. The Hall–Kier alpha value is -3.37. The molecular weight excluding hydrogens is 468 g/mol. The SMILES string of the molecule is O=C1NC(c2ccc(-c3ccc(Cl)cc3)o2)C(C(=O)c2ccc(F)cc2)C(O)(C(F)(F)F)N1. The van der Waals surface area contributed by atoms with E-state index in [1.165, 1.54) is 17.4 Å². The van der Waals surface area contributed by atoms with E-state index in [0.29, 0.717) is 10.6 Å². The molecule has 1 saturated heterocycles. The second-order valence-corrected chi connectivity index (χ2v) is 7.83. The molecule has 2 heterocycles. The minimum absolute atomic E-state index is 0.196. The molecule has 0 aliphatic carbocycles. The molecule has 1 aromatic heterocycles. The molecule has 0 saturated carbocycles. The summed E-state index contributed by atoms with van der Waals surface area (Å²) in [6.07, 6.45) is -5.42. The van der Waals surface area contributed by atoms with Gasteiger partial charge in [-0.1, -0.05) is 11.6 Å². The fourth-order valence-corrected chi connectivity index (χ4v) is 3.79. The van der Waals surface area contributed by atoms with Crippen LogP contribution in [0.1, 0.15) is 22.2 Å². The van der Waals surface area contributed by atoms with Crippen LogP contribution in [0.5, 0.6) is 0 Å². The Morgan fingerprint density at radius 3 is 2.27 bits per heavy atom. The molecule has 3 aromatic rings. The molecule has 1 fully saturated rings. The predicted molar refractivity (Wildman–Crippen MR) is 109 cm³/mol. The number of nitrogens with one attached hydrogen (secondary N) is 2. The largest absolute Gasteiger partial charge is 0.459 e. The van der Waals surface area contributed by atoms with Crippen LogP contribution in [0.2, 0.25) is 5.02 Å². The Morgan fingerprint density at radius 2 is 1.67 bits per heavy atom. The molecule has 33 heavy (non-hydrogen) atoms. The minimum Gasteiger partial charge on any atom is -0.459 e. The van der Waals surface area contributed by atoms with E-state index in [4.69, 9.17) is 16.0 Å². The molecule has 3 N–H and O–H groups in total. The molecule has 3 atom stereocenters. The van der Waals surface area contributed by atoms with Crippen molar-refractivity contribution in [2.45, 2.75) is 17.9 Å². The normalized spacial score (nSPS) is 23.0. The molecule has 4 rings (SSSR count). The summed E-state index contributed by atoms with van der Waals surface area (Å²) in [4.78, 5) is 25.2. The zero-order valence-electron chi connectivity index (χ0n) is 16.5. The second-order valence-electron chi connectivity index (χ2n) is 7.40. The molecule has 2 amide bonds. The van der Waals surface area contributed by atoms with Crippen LogP contribution in [0.15, 0.2) is 65.1 Å². The van der Waals surface area contributed by atoms with Crippen LogP contribution in [0.25, 0.3) is 11.3 Å². The first-order valence-corrected chi connectivity index (χ1v) is 9.90. The third kappa shape index (κ3) is 4.19. The number of Topliss-reactive ketones (excluding diaryl/α,β-unsaturated/α-hetero) is 1. The average Bonchev–Trinajstić information content (AvgIpc) is 3.23. The first-order valence-electron chi connectivity index (χ1n) is 9.53. The lowest BCUT2D eigenvalue weighted by Crippen LogP contribution is -2.72. The Morgan fingerprint density at radius 1 is 1.03 bits per heavy atom. The van der Waals surface area contributed by atoms with Crippen molar-refractivity contribution in [3.05, 3.63) is 82.8 Å². The number of aliphatic hydroxyl groups is 1. The van der Waals surface area contributed by atoms with Gasteiger partial charge in [0.1, 0.15) is 29.3 Å². The van der Waals surface area contributed by atoms with Gasteiger partial charge < -0.3 is 20.2 Å². The molecule has 6 nitrogen and oxygen atoms in total. The van der Waals surface area contributed by atoms with E-state index in [9.17, 15) is 32.3 Å². The first kappa shape index (κ1) is 22.8. The van der Waals surface area contributed by atoms with Crippen LogP contribution in [0.4, 0.5) is 22.4 Å². The summed E-state index contributed by atoms with van der Waals surface area (Å²) >= 11 is 5.86. The van der Waals surface area contributed by atoms with Crippen molar-refractivity contribution in [2.75, 3.05) is 0 Å². The molecule has 0 spiro atoms. The molecule has 1 aliphatic rings. The summed E-state index contributed by atoms with van der Waals surface area (Å²) in [5, 5.41) is 14.7. The van der Waals surface area contributed by atoms with Crippen molar-refractivity contribution in [3.8, 4) is 11.3 Å². The molecule has 0 radical (unpaired) electrons. The van der Waals surface area contributed by atoms with E-state index in [1.807, 2.05) is 0 Å². The number of benzene rings is 2. The highest BCUT2D eigenvalue weighted by Crippen LogP contribution is 2.44. The summed E-state index contributed by atoms with van der Waals surface area (Å²) in [6.45, 7) is 0. The van der Waals surface area contributed by atoms with Crippen molar-refractivity contribution in [1.29, 1.82) is 0 Å². The van der Waals surface area contributed by atoms with Gasteiger partial charge in [-0.3, -0.25) is 4.79 Å². The summed E-state index contributed by atoms with van der Waals surface area (Å²) in [7, 11) is 0. The number of halogens is 5. The van der Waals surface area contributed by atoms with Crippen LogP contribution in [0.3, 0.4) is 0 Å². The summed E-state index contributed by atoms with van der Waals surface area (Å²) < 4.78 is 60.8. The highest BCUT2D eigenvalue weighted by molar-refractivity contribution is 6.30. The molecule has 0 bridgehead atoms. The van der Waals surface area contributed by atoms with Gasteiger partial charge in [0.2, 0.25) is 5.72 Å². The smallest absolute Gasteiger partial charge is 0.437 e. The summed E-state index contributed by atoms with van der Waals surface area (Å²) in [6, 6.07) is 9.84. The lowest BCUT2D eigenvalue weighted by atomic mass is 9.79. The van der Waals surface area contributed by atoms with E-state index in [1.54, 1.807) is 24.3 Å². The van der Waals surface area contributed by atoms with Crippen molar-refractivity contribution in [3.63, 3.8) is 0 Å². The van der Waals surface area contributed by atoms with Gasteiger partial charge in [0.25, 0.3) is 0 Å². The maximum atomic E-state index is 13.9. The van der Waals surface area contributed by atoms with E-state index in [-0.39, 0.29) is 17.1 Å². The molecule has 172 valence electrons. The molecular formula is C22H15ClF4N2O4. The number of hydrogen-bond acceptors (Lipinski definition) is 4. The Bertz CT molecular complexity index is 1190. The van der Waals surface area contributed by atoms with E-state index in [0.717, 1.165) is 24.3 Å². The van der Waals surface area contributed by atoms with Crippen molar-refractivity contribution in [1.82, 2.24) is 10.6 Å². The molecule has 11 heteroatoms. The predicted octanol–water partition coefficient (Wildman–Crippen LogP) is 4.84. The third-order valence-corrected chi connectivity index (χ3v) is 5.53. The molecule has 1 aliphatic heterocycles.